The molecule has 3 rings (SSSR count). The Morgan fingerprint density at radius 2 is 2.09 bits per heavy atom. The molecule has 0 fully saturated rings. The number of oxazole rings is 1. The third-order valence-electron chi connectivity index (χ3n) is 3.16. The second-order valence-corrected chi connectivity index (χ2v) is 4.65. The lowest BCUT2D eigenvalue weighted by atomic mass is 10.1. The maximum absolute atomic E-state index is 11.7. The van der Waals surface area contributed by atoms with Gasteiger partial charge in [-0.3, -0.25) is 4.79 Å². The molecule has 0 aliphatic carbocycles. The molecule has 0 spiro atoms. The van der Waals surface area contributed by atoms with Crippen LogP contribution in [0.5, 0.6) is 0 Å². The molecular weight excluding hydrogens is 300 g/mol. The number of methoxy groups -OCH3 is 1. The monoisotopic (exact) mass is 312 g/mol. The Hall–Kier alpha value is -3.29. The summed E-state index contributed by atoms with van der Waals surface area (Å²) in [5.41, 5.74) is 1.21. The predicted molar refractivity (Wildman–Crippen MR) is 79.5 cm³/mol. The largest absolute Gasteiger partial charge is 0.464 e. The van der Waals surface area contributed by atoms with E-state index in [2.05, 4.69) is 19.7 Å². The molecule has 0 bridgehead atoms. The van der Waals surface area contributed by atoms with Gasteiger partial charge in [-0.05, 0) is 6.07 Å². The first-order valence-corrected chi connectivity index (χ1v) is 6.62. The Morgan fingerprint density at radius 1 is 1.26 bits per heavy atom. The molecule has 116 valence electrons. The number of aromatic nitrogens is 4. The lowest BCUT2D eigenvalue weighted by Crippen LogP contribution is -2.14. The molecule has 0 saturated carbocycles. The number of rotatable bonds is 3. The minimum absolute atomic E-state index is 0.0478. The Bertz CT molecular complexity index is 915. The van der Waals surface area contributed by atoms with E-state index in [0.717, 1.165) is 0 Å². The number of carbonyl (C=O) groups excluding carboxylic acids is 1. The first-order chi connectivity index (χ1) is 11.1. The van der Waals surface area contributed by atoms with Crippen molar-refractivity contribution in [3.05, 3.63) is 53.0 Å². The molecular formula is C15H12N4O4. The molecule has 0 saturated heterocycles. The van der Waals surface area contributed by atoms with Gasteiger partial charge in [0.2, 0.25) is 11.4 Å². The van der Waals surface area contributed by atoms with E-state index in [-0.39, 0.29) is 17.1 Å². The highest BCUT2D eigenvalue weighted by Crippen LogP contribution is 2.27. The number of carbonyl (C=O) groups is 1. The zero-order chi connectivity index (χ0) is 16.4. The Labute approximate surface area is 130 Å². The Kier molecular flexibility index (Phi) is 3.71. The van der Waals surface area contributed by atoms with Gasteiger partial charge >= 0.3 is 5.97 Å². The molecule has 3 aromatic rings. The van der Waals surface area contributed by atoms with Gasteiger partial charge in [-0.1, -0.05) is 0 Å². The lowest BCUT2D eigenvalue weighted by molar-refractivity contribution is 0.0593. The maximum Gasteiger partial charge on any atom is 0.358 e. The topological polar surface area (TPSA) is 100 Å². The van der Waals surface area contributed by atoms with Gasteiger partial charge in [0.25, 0.3) is 0 Å². The molecule has 0 amide bonds. The average Bonchev–Trinajstić information content (AvgIpc) is 3.10. The summed E-state index contributed by atoms with van der Waals surface area (Å²) in [6, 6.07) is 3.00. The molecule has 0 atom stereocenters. The fraction of sp³-hybridized carbons (Fsp3) is 0.133. The van der Waals surface area contributed by atoms with Crippen molar-refractivity contribution >= 4 is 5.97 Å². The van der Waals surface area contributed by atoms with Crippen LogP contribution in [0.1, 0.15) is 10.5 Å². The van der Waals surface area contributed by atoms with E-state index < -0.39 is 5.97 Å². The van der Waals surface area contributed by atoms with Gasteiger partial charge in [0.05, 0.1) is 19.5 Å². The van der Waals surface area contributed by atoms with E-state index in [0.29, 0.717) is 17.0 Å². The second-order valence-electron chi connectivity index (χ2n) is 4.65. The smallest absolute Gasteiger partial charge is 0.358 e. The minimum Gasteiger partial charge on any atom is -0.464 e. The first kappa shape index (κ1) is 14.6. The van der Waals surface area contributed by atoms with E-state index in [1.807, 2.05) is 0 Å². The van der Waals surface area contributed by atoms with Gasteiger partial charge in [-0.25, -0.2) is 19.7 Å². The van der Waals surface area contributed by atoms with Crippen LogP contribution >= 0.6 is 0 Å². The molecule has 23 heavy (non-hydrogen) atoms. The third kappa shape index (κ3) is 2.73. The van der Waals surface area contributed by atoms with Crippen LogP contribution in [-0.4, -0.2) is 32.6 Å². The van der Waals surface area contributed by atoms with Crippen LogP contribution in [0, 0.1) is 0 Å². The molecule has 0 radical (unpaired) electrons. The van der Waals surface area contributed by atoms with E-state index in [1.165, 1.54) is 36.4 Å². The Morgan fingerprint density at radius 3 is 2.74 bits per heavy atom. The summed E-state index contributed by atoms with van der Waals surface area (Å²) in [6.45, 7) is 0. The van der Waals surface area contributed by atoms with Crippen molar-refractivity contribution in [2.75, 3.05) is 7.11 Å². The summed E-state index contributed by atoms with van der Waals surface area (Å²) in [5, 5.41) is 0. The molecule has 3 aromatic heterocycles. The van der Waals surface area contributed by atoms with Crippen molar-refractivity contribution < 1.29 is 13.9 Å². The molecule has 8 nitrogen and oxygen atoms in total. The van der Waals surface area contributed by atoms with Gasteiger partial charge in [0.15, 0.2) is 11.4 Å². The van der Waals surface area contributed by atoms with E-state index in [9.17, 15) is 9.59 Å². The fourth-order valence-corrected chi connectivity index (χ4v) is 2.02. The van der Waals surface area contributed by atoms with Crippen LogP contribution in [0.15, 0.2) is 46.2 Å². The lowest BCUT2D eigenvalue weighted by Gasteiger charge is -2.08. The summed E-state index contributed by atoms with van der Waals surface area (Å²) < 4.78 is 11.3. The van der Waals surface area contributed by atoms with Crippen LogP contribution in [0.2, 0.25) is 0 Å². The summed E-state index contributed by atoms with van der Waals surface area (Å²) in [7, 11) is 2.88. The molecule has 3 heterocycles. The van der Waals surface area contributed by atoms with Gasteiger partial charge < -0.3 is 13.7 Å². The normalized spacial score (nSPS) is 10.5. The van der Waals surface area contributed by atoms with Crippen molar-refractivity contribution in [3.63, 3.8) is 0 Å². The molecule has 0 aliphatic rings. The van der Waals surface area contributed by atoms with Crippen LogP contribution in [-0.2, 0) is 11.8 Å². The van der Waals surface area contributed by atoms with Crippen molar-refractivity contribution in [2.24, 2.45) is 7.05 Å². The summed E-state index contributed by atoms with van der Waals surface area (Å²) in [4.78, 5) is 35.8. The summed E-state index contributed by atoms with van der Waals surface area (Å²) in [6.07, 6.45) is 5.78. The van der Waals surface area contributed by atoms with Crippen LogP contribution < -0.4 is 5.56 Å². The quantitative estimate of drug-likeness (QED) is 0.671. The van der Waals surface area contributed by atoms with E-state index in [4.69, 9.17) is 4.42 Å². The number of nitrogens with zero attached hydrogens (tertiary/aromatic N) is 4. The molecule has 0 aromatic carbocycles. The van der Waals surface area contributed by atoms with E-state index >= 15 is 0 Å². The van der Waals surface area contributed by atoms with E-state index in [1.54, 1.807) is 19.3 Å². The van der Waals surface area contributed by atoms with Crippen molar-refractivity contribution in [2.45, 2.75) is 0 Å². The fourth-order valence-electron chi connectivity index (χ4n) is 2.02. The zero-order valence-corrected chi connectivity index (χ0v) is 12.4. The number of ether oxygens (including phenoxy) is 1. The SMILES string of the molecule is COC(=O)c1cnc(-c2ncco2)c(-c2ccc(=O)n(C)c2)n1. The maximum atomic E-state index is 11.7. The third-order valence-corrected chi connectivity index (χ3v) is 3.16. The predicted octanol–water partition coefficient (Wildman–Crippen LogP) is 1.28. The van der Waals surface area contributed by atoms with Crippen LogP contribution in [0.25, 0.3) is 22.8 Å². The first-order valence-electron chi connectivity index (χ1n) is 6.62. The molecule has 0 N–H and O–H groups in total. The number of esters is 1. The standard InChI is InChI=1S/C15H12N4O4/c1-19-8-9(3-4-11(19)20)12-13(14-16-5-6-23-14)17-7-10(18-12)15(21)22-2/h3-8H,1-2H3. The van der Waals surface area contributed by atoms with Crippen molar-refractivity contribution in [1.82, 2.24) is 19.5 Å². The summed E-state index contributed by atoms with van der Waals surface area (Å²) >= 11 is 0. The number of hydrogen-bond donors (Lipinski definition) is 0. The highest BCUT2D eigenvalue weighted by Gasteiger charge is 2.19. The Balaban J connectivity index is 2.23. The van der Waals surface area contributed by atoms with Crippen molar-refractivity contribution in [3.8, 4) is 22.8 Å². The number of hydrogen-bond acceptors (Lipinski definition) is 7. The van der Waals surface area contributed by atoms with Gasteiger partial charge in [0.1, 0.15) is 12.0 Å². The number of aryl methyl sites for hydroxylation is 1. The number of pyridine rings is 1. The van der Waals surface area contributed by atoms with Gasteiger partial charge in [-0.2, -0.15) is 0 Å². The summed E-state index contributed by atoms with van der Waals surface area (Å²) in [5.74, 6) is -0.347. The molecule has 8 heteroatoms. The van der Waals surface area contributed by atoms with Crippen LogP contribution in [0.4, 0.5) is 0 Å². The van der Waals surface area contributed by atoms with Gasteiger partial charge in [0, 0.05) is 24.9 Å². The highest BCUT2D eigenvalue weighted by molar-refractivity contribution is 5.88. The van der Waals surface area contributed by atoms with Crippen molar-refractivity contribution in [1.29, 1.82) is 0 Å². The minimum atomic E-state index is -0.609. The zero-order valence-electron chi connectivity index (χ0n) is 12.4. The second kappa shape index (κ2) is 5.84. The molecule has 0 aliphatic heterocycles. The average molecular weight is 312 g/mol. The van der Waals surface area contributed by atoms with Crippen LogP contribution in [0.3, 0.4) is 0 Å². The molecule has 0 unspecified atom stereocenters. The van der Waals surface area contributed by atoms with Gasteiger partial charge in [-0.15, -0.1) is 0 Å². The highest BCUT2D eigenvalue weighted by atomic mass is 16.5.